The average Bonchev–Trinajstić information content (AvgIpc) is 2.38. The summed E-state index contributed by atoms with van der Waals surface area (Å²) in [5.74, 6) is -0.268. The maximum atomic E-state index is 12.0. The molecule has 1 saturated heterocycles. The van der Waals surface area contributed by atoms with E-state index < -0.39 is 10.4 Å². The maximum absolute atomic E-state index is 12.0. The number of aldehydes is 1. The van der Waals surface area contributed by atoms with Gasteiger partial charge in [-0.25, -0.2) is 0 Å². The van der Waals surface area contributed by atoms with Crippen molar-refractivity contribution >= 4 is 28.3 Å². The molecule has 0 radical (unpaired) electrons. The van der Waals surface area contributed by atoms with Gasteiger partial charge in [0.25, 0.3) is 0 Å². The highest BCUT2D eigenvalue weighted by Gasteiger charge is 2.32. The summed E-state index contributed by atoms with van der Waals surface area (Å²) in [6, 6.07) is 6.60. The van der Waals surface area contributed by atoms with Crippen molar-refractivity contribution in [3.8, 4) is 0 Å². The van der Waals surface area contributed by atoms with Crippen LogP contribution in [0.25, 0.3) is 0 Å². The molecular weight excluding hydrogens is 268 g/mol. The number of piperazine rings is 1. The second-order valence-electron chi connectivity index (χ2n) is 4.35. The molecular formula is C12H14N2O4S. The van der Waals surface area contributed by atoms with E-state index in [9.17, 15) is 18.4 Å². The SMILES string of the molecule is C[S+](=O)([O-])N1CCN(c2ccc(C=O)cc2)C(=O)C1. The molecule has 0 bridgehead atoms. The van der Waals surface area contributed by atoms with E-state index in [4.69, 9.17) is 0 Å². The van der Waals surface area contributed by atoms with Crippen molar-refractivity contribution in [3.63, 3.8) is 0 Å². The van der Waals surface area contributed by atoms with Gasteiger partial charge in [0, 0.05) is 17.8 Å². The predicted molar refractivity (Wildman–Crippen MR) is 70.5 cm³/mol. The lowest BCUT2D eigenvalue weighted by atomic mass is 10.2. The zero-order valence-electron chi connectivity index (χ0n) is 10.4. The number of carbonyl (C=O) groups excluding carboxylic acids is 2. The molecule has 1 aliphatic rings. The van der Waals surface area contributed by atoms with Crippen molar-refractivity contribution in [2.45, 2.75) is 0 Å². The van der Waals surface area contributed by atoms with Crippen LogP contribution in [-0.2, 0) is 19.4 Å². The summed E-state index contributed by atoms with van der Waals surface area (Å²) in [5.41, 5.74) is 1.20. The zero-order valence-corrected chi connectivity index (χ0v) is 11.3. The third kappa shape index (κ3) is 3.06. The number of sulfonamides is 1. The van der Waals surface area contributed by atoms with Crippen LogP contribution in [0.2, 0.25) is 0 Å². The van der Waals surface area contributed by atoms with Crippen molar-refractivity contribution < 1.29 is 18.4 Å². The molecule has 1 unspecified atom stereocenters. The highest BCUT2D eigenvalue weighted by Crippen LogP contribution is 2.19. The Hall–Kier alpha value is -1.57. The number of rotatable bonds is 3. The van der Waals surface area contributed by atoms with Crippen molar-refractivity contribution in [2.24, 2.45) is 0 Å². The van der Waals surface area contributed by atoms with Gasteiger partial charge < -0.3 is 9.45 Å². The summed E-state index contributed by atoms with van der Waals surface area (Å²) in [5, 5.41) is 0. The van der Waals surface area contributed by atoms with E-state index in [2.05, 4.69) is 0 Å². The predicted octanol–water partition coefficient (Wildman–Crippen LogP) is 0.322. The first kappa shape index (κ1) is 13.9. The fourth-order valence-electron chi connectivity index (χ4n) is 1.94. The van der Waals surface area contributed by atoms with Gasteiger partial charge in [-0.15, -0.1) is 4.31 Å². The third-order valence-corrected chi connectivity index (χ3v) is 4.25. The molecule has 0 saturated carbocycles. The topological polar surface area (TPSA) is 80.8 Å². The van der Waals surface area contributed by atoms with Crippen LogP contribution < -0.4 is 4.90 Å². The second-order valence-corrected chi connectivity index (χ2v) is 6.33. The normalized spacial score (nSPS) is 20.1. The molecule has 1 aromatic rings. The summed E-state index contributed by atoms with van der Waals surface area (Å²) in [4.78, 5) is 24.0. The molecule has 2 rings (SSSR count). The smallest absolute Gasteiger partial charge is 0.245 e. The molecule has 1 aliphatic heterocycles. The molecule has 0 aliphatic carbocycles. The lowest BCUT2D eigenvalue weighted by Gasteiger charge is -2.34. The fourth-order valence-corrected chi connectivity index (χ4v) is 2.70. The largest absolute Gasteiger partial charge is 0.598 e. The number of hydrogen-bond acceptors (Lipinski definition) is 4. The van der Waals surface area contributed by atoms with E-state index in [1.807, 2.05) is 0 Å². The van der Waals surface area contributed by atoms with Crippen molar-refractivity contribution in [1.82, 2.24) is 4.31 Å². The molecule has 1 atom stereocenters. The van der Waals surface area contributed by atoms with Crippen LogP contribution in [0.1, 0.15) is 10.4 Å². The van der Waals surface area contributed by atoms with E-state index in [-0.39, 0.29) is 19.0 Å². The number of anilines is 1. The highest BCUT2D eigenvalue weighted by atomic mass is 32.3. The molecule has 1 aromatic carbocycles. The van der Waals surface area contributed by atoms with Crippen LogP contribution in [0.5, 0.6) is 0 Å². The Balaban J connectivity index is 2.13. The molecule has 7 heteroatoms. The molecule has 0 N–H and O–H groups in total. The fraction of sp³-hybridized carbons (Fsp3) is 0.333. The maximum Gasteiger partial charge on any atom is 0.245 e. The second kappa shape index (κ2) is 5.20. The standard InChI is InChI=1S/C12H14N2O4S/c1-19(17,18)13-6-7-14(12(16)8-13)11-4-2-10(9-15)3-5-11/h2-5,9H,6-8H2,1H3. The number of carbonyl (C=O) groups is 2. The Morgan fingerprint density at radius 1 is 1.26 bits per heavy atom. The molecule has 102 valence electrons. The average molecular weight is 282 g/mol. The Bertz CT molecular complexity index is 537. The molecule has 0 aromatic heterocycles. The van der Waals surface area contributed by atoms with Crippen LogP contribution >= 0.6 is 0 Å². The van der Waals surface area contributed by atoms with E-state index in [0.29, 0.717) is 17.8 Å². The minimum absolute atomic E-state index is 0.145. The minimum Gasteiger partial charge on any atom is -0.598 e. The van der Waals surface area contributed by atoms with Crippen molar-refractivity contribution in [2.75, 3.05) is 30.8 Å². The quantitative estimate of drug-likeness (QED) is 0.590. The number of amides is 1. The van der Waals surface area contributed by atoms with E-state index in [0.717, 1.165) is 16.8 Å². The van der Waals surface area contributed by atoms with Gasteiger partial charge >= 0.3 is 0 Å². The first-order chi connectivity index (χ1) is 8.91. The van der Waals surface area contributed by atoms with Crippen LogP contribution in [0.3, 0.4) is 0 Å². The first-order valence-electron chi connectivity index (χ1n) is 5.72. The Labute approximate surface area is 112 Å². The first-order valence-corrected chi connectivity index (χ1v) is 7.57. The van der Waals surface area contributed by atoms with E-state index in [1.54, 1.807) is 24.3 Å². The number of nitrogens with zero attached hydrogens (tertiary/aromatic N) is 2. The van der Waals surface area contributed by atoms with Crippen LogP contribution in [0.15, 0.2) is 24.3 Å². The van der Waals surface area contributed by atoms with Crippen LogP contribution in [0.4, 0.5) is 5.69 Å². The number of hydrogen-bond donors (Lipinski definition) is 0. The zero-order chi connectivity index (χ0) is 14.0. The van der Waals surface area contributed by atoms with Gasteiger partial charge in [0.1, 0.15) is 29.5 Å². The summed E-state index contributed by atoms with van der Waals surface area (Å²) in [6.45, 7) is 0.445. The molecule has 0 spiro atoms. The van der Waals surface area contributed by atoms with Gasteiger partial charge in [-0.1, -0.05) is 4.21 Å². The van der Waals surface area contributed by atoms with Gasteiger partial charge in [-0.05, 0) is 24.3 Å². The number of benzene rings is 1. The monoisotopic (exact) mass is 282 g/mol. The molecule has 19 heavy (non-hydrogen) atoms. The van der Waals surface area contributed by atoms with Crippen LogP contribution in [-0.4, -0.2) is 46.9 Å². The van der Waals surface area contributed by atoms with E-state index >= 15 is 0 Å². The summed E-state index contributed by atoms with van der Waals surface area (Å²) in [7, 11) is -3.34. The Morgan fingerprint density at radius 3 is 2.37 bits per heavy atom. The summed E-state index contributed by atoms with van der Waals surface area (Å²) in [6.07, 6.45) is 1.82. The lowest BCUT2D eigenvalue weighted by molar-refractivity contribution is -0.120. The molecule has 1 fully saturated rings. The summed E-state index contributed by atoms with van der Waals surface area (Å²) >= 11 is 0. The molecule has 1 heterocycles. The Morgan fingerprint density at radius 2 is 1.89 bits per heavy atom. The molecule has 6 nitrogen and oxygen atoms in total. The summed E-state index contributed by atoms with van der Waals surface area (Å²) < 4.78 is 23.9. The van der Waals surface area contributed by atoms with E-state index in [1.165, 1.54) is 4.90 Å². The van der Waals surface area contributed by atoms with Gasteiger partial charge in [0.05, 0.1) is 6.54 Å². The van der Waals surface area contributed by atoms with Gasteiger partial charge in [0.2, 0.25) is 5.91 Å². The third-order valence-electron chi connectivity index (χ3n) is 3.00. The Kier molecular flexibility index (Phi) is 3.79. The van der Waals surface area contributed by atoms with Gasteiger partial charge in [0.15, 0.2) is 0 Å². The van der Waals surface area contributed by atoms with Crippen molar-refractivity contribution in [3.05, 3.63) is 29.8 Å². The highest BCUT2D eigenvalue weighted by molar-refractivity contribution is 7.94. The minimum atomic E-state index is -3.34. The van der Waals surface area contributed by atoms with Crippen molar-refractivity contribution in [1.29, 1.82) is 0 Å². The van der Waals surface area contributed by atoms with Crippen LogP contribution in [0, 0.1) is 0 Å². The van der Waals surface area contributed by atoms with Gasteiger partial charge in [-0.2, -0.15) is 0 Å². The molecule has 1 amide bonds. The van der Waals surface area contributed by atoms with Gasteiger partial charge in [-0.3, -0.25) is 9.59 Å². The lowest BCUT2D eigenvalue weighted by Crippen LogP contribution is -2.53.